The molecule has 1 aliphatic carbocycles. The van der Waals surface area contributed by atoms with Crippen molar-refractivity contribution in [3.63, 3.8) is 0 Å². The van der Waals surface area contributed by atoms with E-state index in [-0.39, 0.29) is 18.4 Å². The molecule has 21 heavy (non-hydrogen) atoms. The van der Waals surface area contributed by atoms with Crippen LogP contribution in [-0.4, -0.2) is 12.2 Å². The highest BCUT2D eigenvalue weighted by molar-refractivity contribution is 5.20. The first-order valence-electron chi connectivity index (χ1n) is 7.06. The summed E-state index contributed by atoms with van der Waals surface area (Å²) in [5.74, 6) is -4.21. The highest BCUT2D eigenvalue weighted by Gasteiger charge is 2.47. The van der Waals surface area contributed by atoms with E-state index >= 15 is 0 Å². The van der Waals surface area contributed by atoms with Crippen molar-refractivity contribution in [2.24, 2.45) is 17.6 Å². The third kappa shape index (κ3) is 3.73. The van der Waals surface area contributed by atoms with Crippen LogP contribution in [0.4, 0.5) is 22.0 Å². The van der Waals surface area contributed by atoms with Crippen LogP contribution in [0, 0.1) is 23.5 Å². The standard InChI is InChI=1S/C15H18F5N/c16-12-7-3-4-9(14(12)17)8-13(21)10-5-1-2-6-11(10)15(18,19)20/h3-4,7,10-11,13H,1-2,5-6,8,21H2. The van der Waals surface area contributed by atoms with Crippen molar-refractivity contribution in [3.8, 4) is 0 Å². The predicted octanol–water partition coefficient (Wildman–Crippen LogP) is 4.20. The Morgan fingerprint density at radius 3 is 2.48 bits per heavy atom. The zero-order chi connectivity index (χ0) is 15.6. The Hall–Kier alpha value is -1.17. The zero-order valence-electron chi connectivity index (χ0n) is 11.5. The van der Waals surface area contributed by atoms with Crippen LogP contribution in [0.3, 0.4) is 0 Å². The molecule has 0 bridgehead atoms. The second-order valence-corrected chi connectivity index (χ2v) is 5.68. The van der Waals surface area contributed by atoms with Gasteiger partial charge in [0.1, 0.15) is 0 Å². The molecule has 1 aromatic carbocycles. The molecule has 118 valence electrons. The highest BCUT2D eigenvalue weighted by atomic mass is 19.4. The topological polar surface area (TPSA) is 26.0 Å². The highest BCUT2D eigenvalue weighted by Crippen LogP contribution is 2.43. The molecule has 0 aliphatic heterocycles. The Labute approximate surface area is 120 Å². The fourth-order valence-corrected chi connectivity index (χ4v) is 3.19. The second-order valence-electron chi connectivity index (χ2n) is 5.68. The number of hydrogen-bond donors (Lipinski definition) is 1. The van der Waals surface area contributed by atoms with Crippen LogP contribution in [0.15, 0.2) is 18.2 Å². The van der Waals surface area contributed by atoms with Gasteiger partial charge < -0.3 is 5.73 Å². The number of hydrogen-bond acceptors (Lipinski definition) is 1. The molecule has 0 saturated heterocycles. The summed E-state index contributed by atoms with van der Waals surface area (Å²) in [6.45, 7) is 0. The molecule has 0 aromatic heterocycles. The Kier molecular flexibility index (Phi) is 4.86. The lowest BCUT2D eigenvalue weighted by atomic mass is 9.73. The maximum atomic E-state index is 13.6. The van der Waals surface area contributed by atoms with E-state index in [1.54, 1.807) is 0 Å². The van der Waals surface area contributed by atoms with Gasteiger partial charge in [-0.15, -0.1) is 0 Å². The quantitative estimate of drug-likeness (QED) is 0.832. The summed E-state index contributed by atoms with van der Waals surface area (Å²) in [6, 6.07) is 2.85. The number of nitrogens with two attached hydrogens (primary N) is 1. The van der Waals surface area contributed by atoms with Gasteiger partial charge in [0.25, 0.3) is 0 Å². The van der Waals surface area contributed by atoms with Crippen LogP contribution in [0.5, 0.6) is 0 Å². The van der Waals surface area contributed by atoms with Gasteiger partial charge in [0.15, 0.2) is 11.6 Å². The molecule has 1 fully saturated rings. The smallest absolute Gasteiger partial charge is 0.327 e. The molecule has 0 radical (unpaired) electrons. The number of halogens is 5. The van der Waals surface area contributed by atoms with Gasteiger partial charge >= 0.3 is 6.18 Å². The van der Waals surface area contributed by atoms with E-state index in [1.165, 1.54) is 12.1 Å². The van der Waals surface area contributed by atoms with Gasteiger partial charge in [0.05, 0.1) is 5.92 Å². The van der Waals surface area contributed by atoms with Gasteiger partial charge in [-0.1, -0.05) is 25.0 Å². The summed E-state index contributed by atoms with van der Waals surface area (Å²) in [7, 11) is 0. The molecule has 2 rings (SSSR count). The fraction of sp³-hybridized carbons (Fsp3) is 0.600. The van der Waals surface area contributed by atoms with Crippen LogP contribution in [0.2, 0.25) is 0 Å². The molecule has 2 N–H and O–H groups in total. The minimum absolute atomic E-state index is 0.0361. The third-order valence-electron chi connectivity index (χ3n) is 4.28. The average Bonchev–Trinajstić information content (AvgIpc) is 2.43. The van der Waals surface area contributed by atoms with E-state index in [4.69, 9.17) is 5.73 Å². The third-order valence-corrected chi connectivity index (χ3v) is 4.28. The fourth-order valence-electron chi connectivity index (χ4n) is 3.19. The minimum Gasteiger partial charge on any atom is -0.327 e. The van der Waals surface area contributed by atoms with Crippen molar-refractivity contribution >= 4 is 0 Å². The van der Waals surface area contributed by atoms with Crippen LogP contribution in [0.25, 0.3) is 0 Å². The van der Waals surface area contributed by atoms with E-state index in [0.29, 0.717) is 19.3 Å². The predicted molar refractivity (Wildman–Crippen MR) is 69.5 cm³/mol. The van der Waals surface area contributed by atoms with Crippen LogP contribution in [-0.2, 0) is 6.42 Å². The molecule has 1 aliphatic rings. The monoisotopic (exact) mass is 307 g/mol. The summed E-state index contributed by atoms with van der Waals surface area (Å²) >= 11 is 0. The van der Waals surface area contributed by atoms with E-state index in [2.05, 4.69) is 0 Å². The molecular formula is C15H18F5N. The molecule has 1 aromatic rings. The first kappa shape index (κ1) is 16.2. The maximum Gasteiger partial charge on any atom is 0.392 e. The van der Waals surface area contributed by atoms with Crippen molar-refractivity contribution in [3.05, 3.63) is 35.4 Å². The van der Waals surface area contributed by atoms with Crippen molar-refractivity contribution in [2.45, 2.75) is 44.3 Å². The molecule has 0 heterocycles. The van der Waals surface area contributed by atoms with Gasteiger partial charge in [-0.05, 0) is 36.8 Å². The minimum atomic E-state index is -4.29. The van der Waals surface area contributed by atoms with Gasteiger partial charge in [0.2, 0.25) is 0 Å². The normalized spacial score (nSPS) is 24.9. The second kappa shape index (κ2) is 6.30. The van der Waals surface area contributed by atoms with Crippen LogP contribution in [0.1, 0.15) is 31.2 Å². The number of benzene rings is 1. The summed E-state index contributed by atoms with van der Waals surface area (Å²) < 4.78 is 65.9. The lowest BCUT2D eigenvalue weighted by Crippen LogP contribution is -2.44. The summed E-state index contributed by atoms with van der Waals surface area (Å²) in [5.41, 5.74) is 5.93. The number of alkyl halides is 3. The van der Waals surface area contributed by atoms with Gasteiger partial charge in [-0.3, -0.25) is 0 Å². The Morgan fingerprint density at radius 2 is 1.81 bits per heavy atom. The summed E-state index contributed by atoms with van der Waals surface area (Å²) in [5, 5.41) is 0. The van der Waals surface area contributed by atoms with Crippen molar-refractivity contribution in [2.75, 3.05) is 0 Å². The molecule has 6 heteroatoms. The molecule has 0 amide bonds. The van der Waals surface area contributed by atoms with E-state index < -0.39 is 35.7 Å². The van der Waals surface area contributed by atoms with Crippen molar-refractivity contribution < 1.29 is 22.0 Å². The molecule has 1 saturated carbocycles. The van der Waals surface area contributed by atoms with E-state index in [9.17, 15) is 22.0 Å². The summed E-state index contributed by atoms with van der Waals surface area (Å²) in [6.07, 6.45) is -2.71. The molecule has 0 spiro atoms. The van der Waals surface area contributed by atoms with Gasteiger partial charge in [-0.2, -0.15) is 13.2 Å². The van der Waals surface area contributed by atoms with Crippen LogP contribution < -0.4 is 5.73 Å². The molecule has 1 nitrogen and oxygen atoms in total. The largest absolute Gasteiger partial charge is 0.392 e. The Balaban J connectivity index is 2.14. The molecule has 3 unspecified atom stereocenters. The first-order valence-corrected chi connectivity index (χ1v) is 7.06. The Morgan fingerprint density at radius 1 is 1.14 bits per heavy atom. The molecule has 3 atom stereocenters. The molecular weight excluding hydrogens is 289 g/mol. The van der Waals surface area contributed by atoms with Gasteiger partial charge in [-0.25, -0.2) is 8.78 Å². The lowest BCUT2D eigenvalue weighted by molar-refractivity contribution is -0.198. The first-order chi connectivity index (χ1) is 9.80. The van der Waals surface area contributed by atoms with Crippen LogP contribution >= 0.6 is 0 Å². The van der Waals surface area contributed by atoms with Gasteiger partial charge in [0, 0.05) is 6.04 Å². The average molecular weight is 307 g/mol. The lowest BCUT2D eigenvalue weighted by Gasteiger charge is -2.36. The number of rotatable bonds is 3. The van der Waals surface area contributed by atoms with E-state index in [0.717, 1.165) is 6.07 Å². The van der Waals surface area contributed by atoms with Crippen molar-refractivity contribution in [1.82, 2.24) is 0 Å². The Bertz CT molecular complexity index is 485. The summed E-state index contributed by atoms with van der Waals surface area (Å²) in [4.78, 5) is 0. The zero-order valence-corrected chi connectivity index (χ0v) is 11.5. The van der Waals surface area contributed by atoms with Crippen molar-refractivity contribution in [1.29, 1.82) is 0 Å². The van der Waals surface area contributed by atoms with E-state index in [1.807, 2.05) is 0 Å². The SMILES string of the molecule is NC(Cc1cccc(F)c1F)C1CCCCC1C(F)(F)F. The maximum absolute atomic E-state index is 13.6.